The lowest BCUT2D eigenvalue weighted by Gasteiger charge is -2.10. The molecule has 0 radical (unpaired) electrons. The fourth-order valence-electron chi connectivity index (χ4n) is 2.00. The topological polar surface area (TPSA) is 67.4 Å². The predicted molar refractivity (Wildman–Crippen MR) is 84.9 cm³/mol. The lowest BCUT2D eigenvalue weighted by atomic mass is 10.1. The number of carbonyl (C=O) groups is 2. The van der Waals surface area contributed by atoms with E-state index in [9.17, 15) is 9.59 Å². The van der Waals surface area contributed by atoms with Crippen LogP contribution in [0.2, 0.25) is 0 Å². The highest BCUT2D eigenvalue weighted by Crippen LogP contribution is 2.15. The molecule has 0 aliphatic carbocycles. The monoisotopic (exact) mass is 298 g/mol. The highest BCUT2D eigenvalue weighted by molar-refractivity contribution is 6.03. The number of amides is 2. The van der Waals surface area contributed by atoms with Crippen LogP contribution in [0.1, 0.15) is 22.8 Å². The smallest absolute Gasteiger partial charge is 0.253 e. The Bertz CT molecular complexity index is 666. The second-order valence-electron chi connectivity index (χ2n) is 4.76. The van der Waals surface area contributed by atoms with Crippen LogP contribution in [0.4, 0.5) is 5.69 Å². The van der Waals surface area contributed by atoms with Gasteiger partial charge in [-0.1, -0.05) is 24.3 Å². The Balaban J connectivity index is 2.04. The van der Waals surface area contributed by atoms with Crippen LogP contribution in [0.5, 0.6) is 5.75 Å². The second-order valence-corrected chi connectivity index (χ2v) is 4.76. The number of benzene rings is 2. The summed E-state index contributed by atoms with van der Waals surface area (Å²) in [6, 6.07) is 14.4. The summed E-state index contributed by atoms with van der Waals surface area (Å²) in [5, 5.41) is 5.49. The van der Waals surface area contributed by atoms with Gasteiger partial charge in [0.05, 0.1) is 18.4 Å². The van der Waals surface area contributed by atoms with E-state index >= 15 is 0 Å². The molecular weight excluding hydrogens is 280 g/mol. The van der Waals surface area contributed by atoms with Gasteiger partial charge >= 0.3 is 0 Å². The maximum Gasteiger partial charge on any atom is 0.253 e. The number of anilines is 1. The summed E-state index contributed by atoms with van der Waals surface area (Å²) in [5.74, 6) is 0.321. The fourth-order valence-corrected chi connectivity index (χ4v) is 2.00. The summed E-state index contributed by atoms with van der Waals surface area (Å²) >= 11 is 0. The Labute approximate surface area is 129 Å². The van der Waals surface area contributed by atoms with Crippen LogP contribution in [0.3, 0.4) is 0 Å². The van der Waals surface area contributed by atoms with Gasteiger partial charge in [-0.05, 0) is 29.8 Å². The molecule has 2 amide bonds. The first-order valence-corrected chi connectivity index (χ1v) is 6.88. The van der Waals surface area contributed by atoms with Crippen molar-refractivity contribution in [3.8, 4) is 5.75 Å². The fraction of sp³-hybridized carbons (Fsp3) is 0.176. The average molecular weight is 298 g/mol. The van der Waals surface area contributed by atoms with Gasteiger partial charge in [-0.3, -0.25) is 9.59 Å². The van der Waals surface area contributed by atoms with E-state index in [4.69, 9.17) is 4.74 Å². The van der Waals surface area contributed by atoms with Crippen molar-refractivity contribution in [2.45, 2.75) is 13.5 Å². The molecule has 114 valence electrons. The molecule has 0 unspecified atom stereocenters. The number of nitrogens with one attached hydrogen (secondary N) is 2. The van der Waals surface area contributed by atoms with Gasteiger partial charge < -0.3 is 15.4 Å². The molecule has 5 nitrogen and oxygen atoms in total. The number of carbonyl (C=O) groups excluding carboxylic acids is 2. The molecule has 0 saturated carbocycles. The van der Waals surface area contributed by atoms with E-state index in [1.165, 1.54) is 6.92 Å². The normalized spacial score (nSPS) is 9.91. The van der Waals surface area contributed by atoms with Crippen LogP contribution < -0.4 is 15.4 Å². The van der Waals surface area contributed by atoms with E-state index in [1.54, 1.807) is 31.4 Å². The van der Waals surface area contributed by atoms with Gasteiger partial charge in [0, 0.05) is 13.5 Å². The molecule has 0 aliphatic heterocycles. The summed E-state index contributed by atoms with van der Waals surface area (Å²) < 4.78 is 5.09. The van der Waals surface area contributed by atoms with E-state index in [-0.39, 0.29) is 11.8 Å². The minimum absolute atomic E-state index is 0.213. The number of rotatable bonds is 5. The molecule has 0 aliphatic rings. The van der Waals surface area contributed by atoms with Crippen LogP contribution in [0, 0.1) is 0 Å². The molecule has 22 heavy (non-hydrogen) atoms. The highest BCUT2D eigenvalue weighted by Gasteiger charge is 2.11. The van der Waals surface area contributed by atoms with Crippen molar-refractivity contribution in [1.82, 2.24) is 5.32 Å². The summed E-state index contributed by atoms with van der Waals surface area (Å²) in [6.45, 7) is 1.81. The van der Waals surface area contributed by atoms with E-state index in [2.05, 4.69) is 10.6 Å². The molecule has 0 atom stereocenters. The highest BCUT2D eigenvalue weighted by atomic mass is 16.5. The molecule has 0 aromatic heterocycles. The van der Waals surface area contributed by atoms with Crippen LogP contribution in [-0.4, -0.2) is 18.9 Å². The zero-order chi connectivity index (χ0) is 15.9. The van der Waals surface area contributed by atoms with Crippen molar-refractivity contribution < 1.29 is 14.3 Å². The van der Waals surface area contributed by atoms with Crippen molar-refractivity contribution in [3.63, 3.8) is 0 Å². The molecule has 0 saturated heterocycles. The molecule has 2 aromatic rings. The van der Waals surface area contributed by atoms with Crippen molar-refractivity contribution in [2.24, 2.45) is 0 Å². The minimum Gasteiger partial charge on any atom is -0.497 e. The molecule has 2 aromatic carbocycles. The van der Waals surface area contributed by atoms with Crippen LogP contribution in [-0.2, 0) is 11.3 Å². The number of ether oxygens (including phenoxy) is 1. The Kier molecular flexibility index (Phi) is 5.14. The largest absolute Gasteiger partial charge is 0.497 e. The van der Waals surface area contributed by atoms with Gasteiger partial charge in [-0.25, -0.2) is 0 Å². The maximum absolute atomic E-state index is 12.3. The molecule has 0 bridgehead atoms. The molecule has 5 heteroatoms. The van der Waals surface area contributed by atoms with Gasteiger partial charge in [-0.2, -0.15) is 0 Å². The maximum atomic E-state index is 12.3. The van der Waals surface area contributed by atoms with Crippen LogP contribution >= 0.6 is 0 Å². The van der Waals surface area contributed by atoms with E-state index in [0.29, 0.717) is 17.8 Å². The summed E-state index contributed by atoms with van der Waals surface area (Å²) in [5.41, 5.74) is 1.90. The van der Waals surface area contributed by atoms with E-state index < -0.39 is 0 Å². The van der Waals surface area contributed by atoms with Crippen molar-refractivity contribution in [1.29, 1.82) is 0 Å². The third-order valence-electron chi connectivity index (χ3n) is 3.09. The number of hydrogen-bond acceptors (Lipinski definition) is 3. The molecule has 0 fully saturated rings. The number of hydrogen-bond donors (Lipinski definition) is 2. The lowest BCUT2D eigenvalue weighted by Crippen LogP contribution is -2.24. The Morgan fingerprint density at radius 2 is 1.73 bits per heavy atom. The summed E-state index contributed by atoms with van der Waals surface area (Å²) in [4.78, 5) is 23.4. The zero-order valence-electron chi connectivity index (χ0n) is 12.6. The first-order chi connectivity index (χ1) is 10.6. The van der Waals surface area contributed by atoms with E-state index in [1.807, 2.05) is 24.3 Å². The van der Waals surface area contributed by atoms with Crippen LogP contribution in [0.25, 0.3) is 0 Å². The van der Waals surface area contributed by atoms with Crippen molar-refractivity contribution in [3.05, 3.63) is 59.7 Å². The standard InChI is InChI=1S/C17H18N2O3/c1-12(20)19-16-6-4-3-5-15(16)17(21)18-11-13-7-9-14(22-2)10-8-13/h3-10H,11H2,1-2H3,(H,18,21)(H,19,20). The zero-order valence-corrected chi connectivity index (χ0v) is 12.6. The first-order valence-electron chi connectivity index (χ1n) is 6.88. The Morgan fingerprint density at radius 1 is 1.05 bits per heavy atom. The Morgan fingerprint density at radius 3 is 2.36 bits per heavy atom. The third-order valence-corrected chi connectivity index (χ3v) is 3.09. The minimum atomic E-state index is -0.236. The summed E-state index contributed by atoms with van der Waals surface area (Å²) in [7, 11) is 1.61. The lowest BCUT2D eigenvalue weighted by molar-refractivity contribution is -0.114. The predicted octanol–water partition coefficient (Wildman–Crippen LogP) is 2.58. The van der Waals surface area contributed by atoms with Crippen molar-refractivity contribution >= 4 is 17.5 Å². The number of methoxy groups -OCH3 is 1. The quantitative estimate of drug-likeness (QED) is 0.891. The van der Waals surface area contributed by atoms with Crippen LogP contribution in [0.15, 0.2) is 48.5 Å². The van der Waals surface area contributed by atoms with Gasteiger partial charge in [0.15, 0.2) is 0 Å². The third kappa shape index (κ3) is 4.09. The second kappa shape index (κ2) is 7.26. The molecule has 2 N–H and O–H groups in total. The van der Waals surface area contributed by atoms with Gasteiger partial charge in [0.2, 0.25) is 5.91 Å². The SMILES string of the molecule is COc1ccc(CNC(=O)c2ccccc2NC(C)=O)cc1. The summed E-state index contributed by atoms with van der Waals surface area (Å²) in [6.07, 6.45) is 0. The van der Waals surface area contributed by atoms with Gasteiger partial charge in [0.1, 0.15) is 5.75 Å². The van der Waals surface area contributed by atoms with Crippen molar-refractivity contribution in [2.75, 3.05) is 12.4 Å². The molecular formula is C17H18N2O3. The van der Waals surface area contributed by atoms with E-state index in [0.717, 1.165) is 11.3 Å². The van der Waals surface area contributed by atoms with Gasteiger partial charge in [0.25, 0.3) is 5.91 Å². The molecule has 0 heterocycles. The first kappa shape index (κ1) is 15.6. The number of para-hydroxylation sites is 1. The Hall–Kier alpha value is -2.82. The molecule has 0 spiro atoms. The average Bonchev–Trinajstić information content (AvgIpc) is 2.53. The van der Waals surface area contributed by atoms with Gasteiger partial charge in [-0.15, -0.1) is 0 Å². The molecule has 2 rings (SSSR count).